The number of allylic oxidation sites excluding steroid dienone is 2. The maximum atomic E-state index is 11.0. The molecule has 0 heterocycles. The molecule has 0 spiro atoms. The summed E-state index contributed by atoms with van der Waals surface area (Å²) < 4.78 is 0. The Morgan fingerprint density at radius 2 is 1.91 bits per heavy atom. The average Bonchev–Trinajstić information content (AvgIpc) is 2.80. The van der Waals surface area contributed by atoms with E-state index in [1.165, 1.54) is 12.0 Å². The predicted molar refractivity (Wildman–Crippen MR) is 91.4 cm³/mol. The van der Waals surface area contributed by atoms with Crippen molar-refractivity contribution in [1.82, 2.24) is 0 Å². The quantitative estimate of drug-likeness (QED) is 0.531. The van der Waals surface area contributed by atoms with Gasteiger partial charge in [-0.15, -0.1) is 6.42 Å². The maximum Gasteiger partial charge on any atom is 0.130 e. The zero-order valence-corrected chi connectivity index (χ0v) is 14.3. The van der Waals surface area contributed by atoms with E-state index >= 15 is 0 Å². The third kappa shape index (κ3) is 1.84. The Morgan fingerprint density at radius 1 is 1.17 bits per heavy atom. The topological polar surface area (TPSA) is 40.5 Å². The van der Waals surface area contributed by atoms with Crippen molar-refractivity contribution in [2.24, 2.45) is 28.6 Å². The van der Waals surface area contributed by atoms with Crippen molar-refractivity contribution >= 4 is 0 Å². The molecule has 0 aromatic heterocycles. The van der Waals surface area contributed by atoms with Gasteiger partial charge in [0, 0.05) is 10.8 Å². The Labute approximate surface area is 139 Å². The zero-order valence-electron chi connectivity index (χ0n) is 14.3. The molecule has 0 unspecified atom stereocenters. The lowest BCUT2D eigenvalue weighted by molar-refractivity contribution is -0.0917. The van der Waals surface area contributed by atoms with Crippen LogP contribution in [0.3, 0.4) is 0 Å². The first-order chi connectivity index (χ1) is 10.8. The smallest absolute Gasteiger partial charge is 0.130 e. The van der Waals surface area contributed by atoms with Crippen molar-refractivity contribution in [2.75, 3.05) is 0 Å². The van der Waals surface area contributed by atoms with E-state index in [1.54, 1.807) is 0 Å². The molecule has 2 N–H and O–H groups in total. The highest BCUT2D eigenvalue weighted by Crippen LogP contribution is 2.66. The van der Waals surface area contributed by atoms with Gasteiger partial charge in [0.1, 0.15) is 5.60 Å². The fraction of sp³-hybridized carbons (Fsp3) is 0.714. The minimum Gasteiger partial charge on any atom is -0.385 e. The van der Waals surface area contributed by atoms with Crippen LogP contribution in [0.4, 0.5) is 0 Å². The highest BCUT2D eigenvalue weighted by Gasteiger charge is 2.63. The second kappa shape index (κ2) is 4.74. The average molecular weight is 312 g/mol. The summed E-state index contributed by atoms with van der Waals surface area (Å²) in [4.78, 5) is 0. The second-order valence-electron chi connectivity index (χ2n) is 8.74. The zero-order chi connectivity index (χ0) is 16.5. The van der Waals surface area contributed by atoms with Gasteiger partial charge < -0.3 is 10.2 Å². The SMILES string of the molecule is C#C[C@]1(O)CC[C@H]2[C@@H]3CCC4=C[C@H](O)C=C[C@]4(C)[C@@H]3CC[C@@]21C. The maximum absolute atomic E-state index is 11.0. The fourth-order valence-corrected chi connectivity index (χ4v) is 6.57. The van der Waals surface area contributed by atoms with Gasteiger partial charge in [-0.05, 0) is 56.3 Å². The van der Waals surface area contributed by atoms with Gasteiger partial charge in [-0.1, -0.05) is 43.6 Å². The van der Waals surface area contributed by atoms with Crippen LogP contribution in [0.15, 0.2) is 23.8 Å². The number of terminal acetylenes is 1. The summed E-state index contributed by atoms with van der Waals surface area (Å²) in [5.74, 6) is 4.53. The van der Waals surface area contributed by atoms with E-state index in [1.807, 2.05) is 6.08 Å². The Kier molecular flexibility index (Phi) is 3.19. The van der Waals surface area contributed by atoms with E-state index in [4.69, 9.17) is 6.42 Å². The van der Waals surface area contributed by atoms with E-state index in [0.29, 0.717) is 17.8 Å². The molecule has 3 fully saturated rings. The van der Waals surface area contributed by atoms with Crippen LogP contribution in [-0.4, -0.2) is 21.9 Å². The van der Waals surface area contributed by atoms with Crippen LogP contribution in [0.2, 0.25) is 0 Å². The van der Waals surface area contributed by atoms with Crippen molar-refractivity contribution < 1.29 is 10.2 Å². The molecule has 4 aliphatic rings. The molecular formula is C21H28O2. The standard InChI is InChI=1S/C21H28O2/c1-4-21(23)12-9-18-16-6-5-14-13-15(22)7-10-19(14,2)17(16)8-11-20(18,21)3/h1,7,10,13,15-18,22-23H,5-6,8-9,11-12H2,2-3H3/t15-,16-,17-,18+,19+,20+,21+/m1/s1. The molecule has 0 saturated heterocycles. The van der Waals surface area contributed by atoms with Gasteiger partial charge in [0.25, 0.3) is 0 Å². The first-order valence-corrected chi connectivity index (χ1v) is 9.13. The summed E-state index contributed by atoms with van der Waals surface area (Å²) in [6, 6.07) is 0. The third-order valence-electron chi connectivity index (χ3n) is 8.05. The lowest BCUT2D eigenvalue weighted by Crippen LogP contribution is -2.54. The van der Waals surface area contributed by atoms with E-state index < -0.39 is 11.7 Å². The second-order valence-corrected chi connectivity index (χ2v) is 8.74. The molecule has 7 atom stereocenters. The largest absolute Gasteiger partial charge is 0.385 e. The first kappa shape index (κ1) is 15.5. The van der Waals surface area contributed by atoms with Crippen LogP contribution in [0, 0.1) is 40.9 Å². The number of fused-ring (bicyclic) bond motifs is 5. The summed E-state index contributed by atoms with van der Waals surface area (Å²) in [5, 5.41) is 20.9. The minimum absolute atomic E-state index is 0.0837. The molecule has 124 valence electrons. The highest BCUT2D eigenvalue weighted by atomic mass is 16.3. The van der Waals surface area contributed by atoms with Crippen molar-refractivity contribution in [3.63, 3.8) is 0 Å². The molecule has 23 heavy (non-hydrogen) atoms. The summed E-state index contributed by atoms with van der Waals surface area (Å²) in [5.41, 5.74) is 0.458. The molecular weight excluding hydrogens is 284 g/mol. The molecule has 3 saturated carbocycles. The van der Waals surface area contributed by atoms with Crippen LogP contribution in [0.1, 0.15) is 52.4 Å². The Hall–Kier alpha value is -1.04. The van der Waals surface area contributed by atoms with Crippen LogP contribution in [0.5, 0.6) is 0 Å². The molecule has 0 radical (unpaired) electrons. The molecule has 4 rings (SSSR count). The summed E-state index contributed by atoms with van der Waals surface area (Å²) in [7, 11) is 0. The molecule has 0 aromatic rings. The predicted octanol–water partition coefficient (Wildman–Crippen LogP) is 3.45. The van der Waals surface area contributed by atoms with Gasteiger partial charge >= 0.3 is 0 Å². The Bertz CT molecular complexity index is 626. The van der Waals surface area contributed by atoms with Crippen LogP contribution >= 0.6 is 0 Å². The number of hydrogen-bond donors (Lipinski definition) is 2. The lowest BCUT2D eigenvalue weighted by atomic mass is 9.47. The Balaban J connectivity index is 1.70. The van der Waals surface area contributed by atoms with Gasteiger partial charge in [-0.3, -0.25) is 0 Å². The number of aliphatic hydroxyl groups excluding tert-OH is 1. The van der Waals surface area contributed by atoms with Crippen molar-refractivity contribution in [3.8, 4) is 12.3 Å². The van der Waals surface area contributed by atoms with Gasteiger partial charge in [0.2, 0.25) is 0 Å². The summed E-state index contributed by atoms with van der Waals surface area (Å²) >= 11 is 0. The molecule has 4 aliphatic carbocycles. The summed E-state index contributed by atoms with van der Waals surface area (Å²) in [6.07, 6.45) is 17.8. The number of rotatable bonds is 0. The van der Waals surface area contributed by atoms with E-state index in [2.05, 4.69) is 31.9 Å². The molecule has 0 aliphatic heterocycles. The van der Waals surface area contributed by atoms with Crippen LogP contribution in [-0.2, 0) is 0 Å². The van der Waals surface area contributed by atoms with Crippen molar-refractivity contribution in [3.05, 3.63) is 23.8 Å². The molecule has 2 heteroatoms. The summed E-state index contributed by atoms with van der Waals surface area (Å²) in [6.45, 7) is 4.58. The molecule has 2 nitrogen and oxygen atoms in total. The Morgan fingerprint density at radius 3 is 2.65 bits per heavy atom. The number of hydrogen-bond acceptors (Lipinski definition) is 2. The van der Waals surface area contributed by atoms with Crippen LogP contribution < -0.4 is 0 Å². The van der Waals surface area contributed by atoms with E-state index in [-0.39, 0.29) is 10.8 Å². The molecule has 0 bridgehead atoms. The minimum atomic E-state index is -0.918. The van der Waals surface area contributed by atoms with Crippen molar-refractivity contribution in [2.45, 2.75) is 64.1 Å². The van der Waals surface area contributed by atoms with Gasteiger partial charge in [-0.25, -0.2) is 0 Å². The number of aliphatic hydroxyl groups is 2. The van der Waals surface area contributed by atoms with Crippen LogP contribution in [0.25, 0.3) is 0 Å². The monoisotopic (exact) mass is 312 g/mol. The molecule has 0 aromatic carbocycles. The van der Waals surface area contributed by atoms with Gasteiger partial charge in [-0.2, -0.15) is 0 Å². The van der Waals surface area contributed by atoms with Gasteiger partial charge in [0.05, 0.1) is 6.10 Å². The highest BCUT2D eigenvalue weighted by molar-refractivity contribution is 5.34. The van der Waals surface area contributed by atoms with E-state index in [0.717, 1.165) is 32.1 Å². The lowest BCUT2D eigenvalue weighted by Gasteiger charge is -2.57. The normalized spacial score (nSPS) is 54.5. The van der Waals surface area contributed by atoms with Crippen molar-refractivity contribution in [1.29, 1.82) is 0 Å². The van der Waals surface area contributed by atoms with Gasteiger partial charge in [0.15, 0.2) is 0 Å². The third-order valence-corrected chi connectivity index (χ3v) is 8.05. The fourth-order valence-electron chi connectivity index (χ4n) is 6.57. The van der Waals surface area contributed by atoms with E-state index in [9.17, 15) is 10.2 Å². The molecule has 0 amide bonds. The first-order valence-electron chi connectivity index (χ1n) is 9.13.